The van der Waals surface area contributed by atoms with E-state index in [4.69, 9.17) is 77.7 Å². The molecule has 4 fully saturated rings. The van der Waals surface area contributed by atoms with E-state index in [9.17, 15) is 20.1 Å². The summed E-state index contributed by atoms with van der Waals surface area (Å²) in [6.45, 7) is 13.3. The summed E-state index contributed by atoms with van der Waals surface area (Å²) in [5.41, 5.74) is 6.30. The van der Waals surface area contributed by atoms with Crippen LogP contribution in [0.2, 0.25) is 20.6 Å². The molecule has 8 rings (SSSR count). The number of nitrogens with zero attached hydrogens (tertiary/aromatic N) is 11. The minimum Gasteiger partial charge on any atom is -0.512 e. The van der Waals surface area contributed by atoms with Crippen LogP contribution in [0.3, 0.4) is 0 Å². The zero-order valence-electron chi connectivity index (χ0n) is 37.5. The first kappa shape index (κ1) is 53.2. The van der Waals surface area contributed by atoms with Crippen molar-refractivity contribution in [1.82, 2.24) is 29.7 Å². The van der Waals surface area contributed by atoms with Gasteiger partial charge < -0.3 is 40.9 Å². The molecule has 2 amide bonds. The number of carbonyl (C=O) groups is 2. The first-order chi connectivity index (χ1) is 31.8. The zero-order chi connectivity index (χ0) is 47.7. The van der Waals surface area contributed by atoms with Crippen LogP contribution in [0.5, 0.6) is 0 Å². The number of pyridine rings is 4. The van der Waals surface area contributed by atoms with E-state index in [1.165, 1.54) is 0 Å². The summed E-state index contributed by atoms with van der Waals surface area (Å²) in [5, 5.41) is 27.3. The molecule has 0 unspecified atom stereocenters. The van der Waals surface area contributed by atoms with Gasteiger partial charge in [-0.25, -0.2) is 19.9 Å². The van der Waals surface area contributed by atoms with Crippen molar-refractivity contribution in [2.75, 3.05) is 76.5 Å². The molecule has 4 aromatic rings. The summed E-state index contributed by atoms with van der Waals surface area (Å²) in [7, 11) is 3.19. The van der Waals surface area contributed by atoms with Crippen LogP contribution in [0.1, 0.15) is 86.7 Å². The second kappa shape index (κ2) is 24.5. The Morgan fingerprint density at radius 2 is 0.970 bits per heavy atom. The van der Waals surface area contributed by atoms with Crippen molar-refractivity contribution in [2.45, 2.75) is 76.3 Å². The predicted molar refractivity (Wildman–Crippen MR) is 253 cm³/mol. The van der Waals surface area contributed by atoms with Gasteiger partial charge in [0.1, 0.15) is 44.4 Å². The van der Waals surface area contributed by atoms with Gasteiger partial charge in [-0.2, -0.15) is 10.5 Å². The smallest absolute Gasteiger partial charge is 0.512 e. The molecule has 15 nitrogen and oxygen atoms in total. The van der Waals surface area contributed by atoms with Crippen molar-refractivity contribution in [3.8, 4) is 34.4 Å². The number of anilines is 2. The molecule has 67 heavy (non-hydrogen) atoms. The third kappa shape index (κ3) is 13.3. The molecule has 2 aliphatic carbocycles. The van der Waals surface area contributed by atoms with Gasteiger partial charge in [0.05, 0.1) is 48.6 Å². The number of piperazine rings is 2. The Morgan fingerprint density at radius 3 is 1.25 bits per heavy atom. The molecule has 0 N–H and O–H groups in total. The largest absolute Gasteiger partial charge is 1.00 e. The number of methoxy groups -OCH3 is 2. The number of hydrogen-bond acceptors (Lipinski definition) is 13. The molecule has 0 radical (unpaired) electrons. The fraction of sp³-hybridized carbons (Fsp3) is 0.468. The number of carbonyl (C=O) groups excluding carboxylic acids is 2. The van der Waals surface area contributed by atoms with Gasteiger partial charge in [-0.3, -0.25) is 9.59 Å². The molecular weight excluding hydrogens is 988 g/mol. The van der Waals surface area contributed by atoms with Crippen LogP contribution in [0.4, 0.5) is 11.6 Å². The number of aromatic nitrogens is 4. The molecule has 0 bridgehead atoms. The molecule has 0 aromatic carbocycles. The molecule has 2 saturated carbocycles. The Morgan fingerprint density at radius 1 is 0.627 bits per heavy atom. The van der Waals surface area contributed by atoms with Gasteiger partial charge in [0.25, 0.3) is 0 Å². The second-order valence-corrected chi connectivity index (χ2v) is 18.2. The van der Waals surface area contributed by atoms with Crippen LogP contribution in [0.15, 0.2) is 36.4 Å². The summed E-state index contributed by atoms with van der Waals surface area (Å²) in [6, 6.07) is 15.4. The molecule has 6 heterocycles. The van der Waals surface area contributed by atoms with E-state index in [1.54, 1.807) is 38.5 Å². The number of nitriles is 2. The maximum absolute atomic E-state index is 12.5. The Balaban J connectivity index is 0.000000238. The molecule has 0 spiro atoms. The van der Waals surface area contributed by atoms with Crippen LogP contribution in [0, 0.1) is 34.5 Å². The standard InChI is InChI=1S/2C23H25Cl2N5O2.CN.Cu/c2*1-14-13-29(6-7-30(14)21(31)5-8-32-2)23-17(12-26)9-18(22(28-23)15-3-4-15)16-10-19(24)27-20(25)11-16;1-2;/h2*9-11,14-15H,3-8,13H2,1-2H3;;/q;;-1;+1/t2*14-;;/m11../s1. The van der Waals surface area contributed by atoms with Crippen LogP contribution >= 0.6 is 46.4 Å². The number of halogens is 4. The van der Waals surface area contributed by atoms with Gasteiger partial charge in [0.2, 0.25) is 11.8 Å². The molecule has 2 aliphatic heterocycles. The first-order valence-corrected chi connectivity index (χ1v) is 23.2. The fourth-order valence-electron chi connectivity index (χ4n) is 8.43. The average Bonchev–Trinajstić information content (AvgIpc) is 4.25. The molecule has 356 valence electrons. The van der Waals surface area contributed by atoms with E-state index in [0.29, 0.717) is 121 Å². The summed E-state index contributed by atoms with van der Waals surface area (Å²) >= 11 is 24.5. The maximum atomic E-state index is 12.5. The number of hydrogen-bond donors (Lipinski definition) is 0. The summed E-state index contributed by atoms with van der Waals surface area (Å²) in [6.07, 6.45) is 5.01. The van der Waals surface area contributed by atoms with Crippen molar-refractivity contribution >= 4 is 69.9 Å². The molecule has 2 atom stereocenters. The van der Waals surface area contributed by atoms with E-state index < -0.39 is 0 Å². The van der Waals surface area contributed by atoms with E-state index >= 15 is 0 Å². The van der Waals surface area contributed by atoms with E-state index in [2.05, 4.69) is 31.9 Å². The minimum atomic E-state index is 0. The normalized spacial score (nSPS) is 17.7. The van der Waals surface area contributed by atoms with E-state index in [1.807, 2.05) is 35.8 Å². The van der Waals surface area contributed by atoms with Gasteiger partial charge in [-0.05, 0) is 87.1 Å². The SMILES string of the molecule is COCCC(=O)N1CCN(c2nc(C3CC3)c(-c3cc(Cl)nc(Cl)c3)cc2C#N)C[C@H]1C.COCCC(=O)N1CCN(c2nc(C3CC3)c(-c3cc(Cl)nc(Cl)c3)cc2C#N)C[C@H]1C.[C-]#N.[Cu+]. The Labute approximate surface area is 422 Å². The van der Waals surface area contributed by atoms with Crippen LogP contribution < -0.4 is 9.80 Å². The van der Waals surface area contributed by atoms with Crippen LogP contribution in [-0.2, 0) is 36.1 Å². The van der Waals surface area contributed by atoms with Crippen molar-refractivity contribution < 1.29 is 36.1 Å². The molecule has 4 aliphatic rings. The van der Waals surface area contributed by atoms with E-state index in [-0.39, 0.29) is 41.0 Å². The Bertz CT molecular complexity index is 2320. The third-order valence-electron chi connectivity index (χ3n) is 11.9. The second-order valence-electron chi connectivity index (χ2n) is 16.6. The fourth-order valence-corrected chi connectivity index (χ4v) is 9.35. The van der Waals surface area contributed by atoms with Gasteiger partial charge in [-0.15, -0.1) is 0 Å². The topological polar surface area (TPSA) is 188 Å². The van der Waals surface area contributed by atoms with Gasteiger partial charge in [0, 0.05) is 88.5 Å². The van der Waals surface area contributed by atoms with E-state index in [0.717, 1.165) is 59.3 Å². The number of ether oxygens (including phenoxy) is 2. The third-order valence-corrected chi connectivity index (χ3v) is 12.7. The monoisotopic (exact) mass is 1040 g/mol. The van der Waals surface area contributed by atoms with Gasteiger partial charge >= 0.3 is 17.1 Å². The number of rotatable bonds is 12. The first-order valence-electron chi connectivity index (χ1n) is 21.7. The molecular formula is C47H50Cl4CuN11O4. The van der Waals surface area contributed by atoms with Crippen molar-refractivity contribution in [2.24, 2.45) is 0 Å². The quantitative estimate of drug-likeness (QED) is 0.0746. The number of amides is 2. The Hall–Kier alpha value is -4.79. The average molecular weight is 1040 g/mol. The molecule has 4 aromatic heterocycles. The van der Waals surface area contributed by atoms with Gasteiger partial charge in [0.15, 0.2) is 0 Å². The van der Waals surface area contributed by atoms with Gasteiger partial charge in [-0.1, -0.05) is 46.4 Å². The summed E-state index contributed by atoms with van der Waals surface area (Å²) in [5.74, 6) is 2.26. The van der Waals surface area contributed by atoms with Crippen molar-refractivity contribution in [1.29, 1.82) is 15.8 Å². The Kier molecular flexibility index (Phi) is 19.4. The molecule has 20 heteroatoms. The summed E-state index contributed by atoms with van der Waals surface area (Å²) < 4.78 is 10.1. The summed E-state index contributed by atoms with van der Waals surface area (Å²) in [4.78, 5) is 51.0. The van der Waals surface area contributed by atoms with Crippen LogP contribution in [0.25, 0.3) is 22.3 Å². The van der Waals surface area contributed by atoms with Crippen molar-refractivity contribution in [3.05, 3.63) is 86.1 Å². The van der Waals surface area contributed by atoms with Crippen molar-refractivity contribution in [3.63, 3.8) is 0 Å². The predicted octanol–water partition coefficient (Wildman–Crippen LogP) is 8.64. The maximum Gasteiger partial charge on any atom is 1.00 e. The van der Waals surface area contributed by atoms with Crippen LogP contribution in [-0.4, -0.2) is 120 Å². The minimum absolute atomic E-state index is 0. The molecule has 2 saturated heterocycles. The zero-order valence-corrected chi connectivity index (χ0v) is 41.5.